The molecule has 11 heteroatoms. The molecular formula is C20H14BrF3N2O4S. The maximum Gasteiger partial charge on any atom is 0.437 e. The second-order valence-electron chi connectivity index (χ2n) is 6.87. The van der Waals surface area contributed by atoms with E-state index >= 15 is 0 Å². The fraction of sp³-hybridized carbons (Fsp3) is 0.200. The molecule has 2 amide bonds. The Hall–Kier alpha value is -2.63. The van der Waals surface area contributed by atoms with Crippen LogP contribution in [0.2, 0.25) is 0 Å². The minimum Gasteiger partial charge on any atom is -0.459 e. The Morgan fingerprint density at radius 1 is 1.16 bits per heavy atom. The molecule has 0 aliphatic carbocycles. The number of halogens is 4. The highest BCUT2D eigenvalue weighted by atomic mass is 79.9. The Bertz CT molecular complexity index is 1110. The molecule has 162 valence electrons. The highest BCUT2D eigenvalue weighted by Gasteiger charge is 2.67. The molecule has 1 aromatic carbocycles. The zero-order chi connectivity index (χ0) is 22.4. The third-order valence-electron chi connectivity index (χ3n) is 4.91. The fourth-order valence-electron chi connectivity index (χ4n) is 3.44. The van der Waals surface area contributed by atoms with Crippen molar-refractivity contribution in [3.8, 4) is 11.3 Å². The van der Waals surface area contributed by atoms with E-state index in [2.05, 4.69) is 21.2 Å². The molecule has 3 N–H and O–H groups in total. The predicted molar refractivity (Wildman–Crippen MR) is 109 cm³/mol. The van der Waals surface area contributed by atoms with E-state index in [4.69, 9.17) is 4.42 Å². The number of carbonyl (C=O) groups is 2. The van der Waals surface area contributed by atoms with E-state index in [1.54, 1.807) is 24.3 Å². The molecule has 3 atom stereocenters. The van der Waals surface area contributed by atoms with Gasteiger partial charge in [-0.05, 0) is 35.7 Å². The number of nitrogens with one attached hydrogen (secondary N) is 2. The number of hydrogen-bond donors (Lipinski definition) is 3. The van der Waals surface area contributed by atoms with Crippen LogP contribution in [-0.4, -0.2) is 28.8 Å². The van der Waals surface area contributed by atoms with E-state index in [-0.39, 0.29) is 10.6 Å². The van der Waals surface area contributed by atoms with Crippen LogP contribution in [0.3, 0.4) is 0 Å². The molecule has 1 saturated heterocycles. The quantitative estimate of drug-likeness (QED) is 0.433. The van der Waals surface area contributed by atoms with Crippen LogP contribution in [0.1, 0.15) is 21.5 Å². The van der Waals surface area contributed by atoms with Crippen molar-refractivity contribution in [3.05, 3.63) is 69.0 Å². The lowest BCUT2D eigenvalue weighted by Gasteiger charge is -2.44. The van der Waals surface area contributed by atoms with Crippen molar-refractivity contribution >= 4 is 39.1 Å². The van der Waals surface area contributed by atoms with Crippen molar-refractivity contribution in [2.45, 2.75) is 17.9 Å². The number of urea groups is 1. The van der Waals surface area contributed by atoms with Gasteiger partial charge in [-0.25, -0.2) is 4.79 Å². The van der Waals surface area contributed by atoms with Crippen LogP contribution in [0.5, 0.6) is 0 Å². The highest BCUT2D eigenvalue weighted by Crippen LogP contribution is 2.45. The van der Waals surface area contributed by atoms with Crippen molar-refractivity contribution < 1.29 is 32.3 Å². The number of rotatable bonds is 4. The molecule has 0 unspecified atom stereocenters. The van der Waals surface area contributed by atoms with Crippen LogP contribution in [0.4, 0.5) is 18.0 Å². The molecule has 1 fully saturated rings. The summed E-state index contributed by atoms with van der Waals surface area (Å²) in [7, 11) is 0. The number of aliphatic hydroxyl groups is 1. The normalized spacial score (nSPS) is 23.8. The summed E-state index contributed by atoms with van der Waals surface area (Å²) in [5.74, 6) is -2.86. The first-order valence-electron chi connectivity index (χ1n) is 8.91. The number of thiophene rings is 1. The van der Waals surface area contributed by atoms with Crippen LogP contribution in [0.15, 0.2) is 62.8 Å². The lowest BCUT2D eigenvalue weighted by Crippen LogP contribution is -2.72. The number of furan rings is 1. The fourth-order valence-corrected chi connectivity index (χ4v) is 4.41. The van der Waals surface area contributed by atoms with Gasteiger partial charge >= 0.3 is 12.2 Å². The van der Waals surface area contributed by atoms with Gasteiger partial charge in [0.1, 0.15) is 23.5 Å². The van der Waals surface area contributed by atoms with E-state index < -0.39 is 35.7 Å². The van der Waals surface area contributed by atoms with Crippen LogP contribution >= 0.6 is 27.3 Å². The van der Waals surface area contributed by atoms with Crippen LogP contribution < -0.4 is 10.6 Å². The average molecular weight is 515 g/mol. The van der Waals surface area contributed by atoms with Gasteiger partial charge in [0.2, 0.25) is 5.72 Å². The molecule has 6 nitrogen and oxygen atoms in total. The van der Waals surface area contributed by atoms with Gasteiger partial charge in [-0.15, -0.1) is 11.3 Å². The Balaban J connectivity index is 1.79. The summed E-state index contributed by atoms with van der Waals surface area (Å²) in [6, 6.07) is 9.90. The molecule has 4 rings (SSSR count). The minimum atomic E-state index is -5.32. The van der Waals surface area contributed by atoms with Crippen LogP contribution in [-0.2, 0) is 0 Å². The first-order valence-corrected chi connectivity index (χ1v) is 10.6. The number of Topliss-reactive ketones (excluding diaryl/α,β-unsaturated/α-hetero) is 1. The zero-order valence-corrected chi connectivity index (χ0v) is 17.8. The molecule has 31 heavy (non-hydrogen) atoms. The molecule has 0 radical (unpaired) electrons. The van der Waals surface area contributed by atoms with Gasteiger partial charge in [0.25, 0.3) is 0 Å². The van der Waals surface area contributed by atoms with Gasteiger partial charge in [0, 0.05) is 10.0 Å². The summed E-state index contributed by atoms with van der Waals surface area (Å²) in [4.78, 5) is 25.1. The Labute approximate surface area is 186 Å². The summed E-state index contributed by atoms with van der Waals surface area (Å²) in [5, 5.41) is 15.9. The number of ketones is 1. The van der Waals surface area contributed by atoms with E-state index in [1.807, 2.05) is 0 Å². The average Bonchev–Trinajstić information content (AvgIpc) is 3.39. The van der Waals surface area contributed by atoms with E-state index in [0.717, 1.165) is 15.8 Å². The lowest BCUT2D eigenvalue weighted by atomic mass is 9.80. The molecule has 1 aliphatic rings. The Morgan fingerprint density at radius 2 is 1.87 bits per heavy atom. The summed E-state index contributed by atoms with van der Waals surface area (Å²) in [6.45, 7) is 0. The predicted octanol–water partition coefficient (Wildman–Crippen LogP) is 4.87. The van der Waals surface area contributed by atoms with Crippen molar-refractivity contribution in [3.63, 3.8) is 0 Å². The maximum atomic E-state index is 13.9. The zero-order valence-electron chi connectivity index (χ0n) is 15.4. The van der Waals surface area contributed by atoms with Gasteiger partial charge < -0.3 is 20.2 Å². The van der Waals surface area contributed by atoms with Crippen molar-refractivity contribution in [2.24, 2.45) is 5.92 Å². The molecule has 2 aromatic heterocycles. The van der Waals surface area contributed by atoms with Gasteiger partial charge in [-0.1, -0.05) is 34.1 Å². The number of benzene rings is 1. The Kier molecular flexibility index (Phi) is 5.44. The number of carbonyl (C=O) groups excluding carboxylic acids is 2. The molecule has 0 bridgehead atoms. The standard InChI is InChI=1S/C20H14BrF3N2O4S/c21-11-5-3-10(4-6-11)12-7-8-13(30-12)16-15(17(27)14-2-1-9-31-14)19(29,20(22,23)24)26-18(28)25-16/h1-9,15-16,29H,(H2,25,26,28)/t15-,16+,19+/m0/s1. The number of alkyl halides is 3. The largest absolute Gasteiger partial charge is 0.459 e. The van der Waals surface area contributed by atoms with Crippen LogP contribution in [0, 0.1) is 5.92 Å². The summed E-state index contributed by atoms with van der Waals surface area (Å²) < 4.78 is 48.2. The molecule has 0 saturated carbocycles. The second-order valence-corrected chi connectivity index (χ2v) is 8.73. The lowest BCUT2D eigenvalue weighted by molar-refractivity contribution is -0.287. The topological polar surface area (TPSA) is 91.6 Å². The third kappa shape index (κ3) is 3.88. The van der Waals surface area contributed by atoms with E-state index in [0.29, 0.717) is 11.3 Å². The van der Waals surface area contributed by atoms with Crippen molar-refractivity contribution in [1.82, 2.24) is 10.6 Å². The number of amides is 2. The third-order valence-corrected chi connectivity index (χ3v) is 6.33. The molecule has 3 aromatic rings. The highest BCUT2D eigenvalue weighted by molar-refractivity contribution is 9.10. The summed E-state index contributed by atoms with van der Waals surface area (Å²) >= 11 is 4.24. The maximum absolute atomic E-state index is 13.9. The van der Waals surface area contributed by atoms with Gasteiger partial charge in [0.05, 0.1) is 4.88 Å². The monoisotopic (exact) mass is 514 g/mol. The van der Waals surface area contributed by atoms with Crippen molar-refractivity contribution in [2.75, 3.05) is 0 Å². The number of hydrogen-bond acceptors (Lipinski definition) is 5. The smallest absolute Gasteiger partial charge is 0.437 e. The van der Waals surface area contributed by atoms with Gasteiger partial charge in [0.15, 0.2) is 5.78 Å². The first-order chi connectivity index (χ1) is 14.6. The van der Waals surface area contributed by atoms with Crippen LogP contribution in [0.25, 0.3) is 11.3 Å². The molecule has 1 aliphatic heterocycles. The minimum absolute atomic E-state index is 0.00955. The molecule has 3 heterocycles. The van der Waals surface area contributed by atoms with Gasteiger partial charge in [-0.2, -0.15) is 13.2 Å². The van der Waals surface area contributed by atoms with E-state index in [1.165, 1.54) is 35.0 Å². The second kappa shape index (κ2) is 7.81. The van der Waals surface area contributed by atoms with E-state index in [9.17, 15) is 27.9 Å². The molecule has 0 spiro atoms. The summed E-state index contributed by atoms with van der Waals surface area (Å²) in [5.41, 5.74) is -3.15. The molecular weight excluding hydrogens is 501 g/mol. The first kappa shape index (κ1) is 21.6. The summed E-state index contributed by atoms with van der Waals surface area (Å²) in [6.07, 6.45) is -5.32. The Morgan fingerprint density at radius 3 is 2.48 bits per heavy atom. The SMILES string of the molecule is O=C1N[C@H](c2ccc(-c3ccc(Br)cc3)o2)[C@@H](C(=O)c2cccs2)[C@@](O)(C(F)(F)F)N1. The van der Waals surface area contributed by atoms with Gasteiger partial charge in [-0.3, -0.25) is 4.79 Å². The van der Waals surface area contributed by atoms with Crippen molar-refractivity contribution in [1.29, 1.82) is 0 Å².